The summed E-state index contributed by atoms with van der Waals surface area (Å²) in [6.07, 6.45) is -1.11. The van der Waals surface area contributed by atoms with E-state index in [4.69, 9.17) is 0 Å². The van der Waals surface area contributed by atoms with Gasteiger partial charge in [0.15, 0.2) is 0 Å². The Morgan fingerprint density at radius 1 is 0.925 bits per heavy atom. The van der Waals surface area contributed by atoms with Gasteiger partial charge in [0.05, 0.1) is 22.6 Å². The van der Waals surface area contributed by atoms with Crippen LogP contribution in [-0.2, 0) is 11.0 Å². The standard InChI is InChI=1S/C31H27F3N4O2/c1-20-11-13-21(14-12-20)29-27-10-5-17-36(27)25-8-2-3-9-26(25)38(29)28(39)19-37(24-15-16-24)30(40)35-23-7-4-6-22(18-23)31(32,33)34/h2-14,17-18,24,29H,15-16,19H2,1H3,(H,35,40). The number of aromatic nitrogens is 1. The topological polar surface area (TPSA) is 57.6 Å². The Labute approximate surface area is 229 Å². The number of benzene rings is 3. The number of amides is 3. The Hall–Kier alpha value is -4.53. The third-order valence-corrected chi connectivity index (χ3v) is 7.38. The molecule has 0 spiro atoms. The van der Waals surface area contributed by atoms with Crippen LogP contribution < -0.4 is 10.2 Å². The Bertz CT molecular complexity index is 1570. The van der Waals surface area contributed by atoms with E-state index in [1.165, 1.54) is 17.0 Å². The van der Waals surface area contributed by atoms with Crippen LogP contribution in [-0.4, -0.2) is 34.0 Å². The normalized spacial score (nSPS) is 16.2. The van der Waals surface area contributed by atoms with Crippen LogP contribution in [0.1, 0.15) is 41.3 Å². The number of aryl methyl sites for hydroxylation is 1. The van der Waals surface area contributed by atoms with Crippen molar-refractivity contribution < 1.29 is 22.8 Å². The molecule has 6 rings (SSSR count). The van der Waals surface area contributed by atoms with E-state index in [2.05, 4.69) is 9.88 Å². The lowest BCUT2D eigenvalue weighted by molar-refractivity contribution is -0.137. The number of nitrogens with zero attached hydrogens (tertiary/aromatic N) is 3. The van der Waals surface area contributed by atoms with Crippen molar-refractivity contribution in [3.05, 3.63) is 114 Å². The van der Waals surface area contributed by atoms with Crippen molar-refractivity contribution in [1.82, 2.24) is 9.47 Å². The molecule has 3 aromatic carbocycles. The van der Waals surface area contributed by atoms with E-state index in [1.807, 2.05) is 73.8 Å². The number of fused-ring (bicyclic) bond motifs is 3. The van der Waals surface area contributed by atoms with Gasteiger partial charge in [-0.1, -0.05) is 48.0 Å². The van der Waals surface area contributed by atoms with Crippen LogP contribution in [0.25, 0.3) is 5.69 Å². The second kappa shape index (κ2) is 9.89. The largest absolute Gasteiger partial charge is 0.416 e. The van der Waals surface area contributed by atoms with Gasteiger partial charge in [0, 0.05) is 17.9 Å². The molecule has 1 aliphatic heterocycles. The van der Waals surface area contributed by atoms with Crippen molar-refractivity contribution in [3.8, 4) is 5.69 Å². The molecule has 1 fully saturated rings. The molecule has 1 N–H and O–H groups in total. The molecular formula is C31H27F3N4O2. The Balaban J connectivity index is 1.33. The molecule has 204 valence electrons. The van der Waals surface area contributed by atoms with E-state index < -0.39 is 23.8 Å². The van der Waals surface area contributed by atoms with Gasteiger partial charge >= 0.3 is 12.2 Å². The minimum atomic E-state index is -4.53. The molecule has 2 aliphatic rings. The first kappa shape index (κ1) is 25.7. The molecule has 40 heavy (non-hydrogen) atoms. The molecule has 2 heterocycles. The maximum Gasteiger partial charge on any atom is 0.416 e. The number of rotatable bonds is 5. The van der Waals surface area contributed by atoms with E-state index in [9.17, 15) is 22.8 Å². The van der Waals surface area contributed by atoms with Gasteiger partial charge < -0.3 is 14.8 Å². The quantitative estimate of drug-likeness (QED) is 0.296. The highest BCUT2D eigenvalue weighted by Gasteiger charge is 2.40. The summed E-state index contributed by atoms with van der Waals surface area (Å²) in [5, 5.41) is 2.58. The molecular weight excluding hydrogens is 517 g/mol. The van der Waals surface area contributed by atoms with Crippen molar-refractivity contribution in [2.45, 2.75) is 38.0 Å². The van der Waals surface area contributed by atoms with E-state index in [0.717, 1.165) is 53.2 Å². The highest BCUT2D eigenvalue weighted by Crippen LogP contribution is 2.42. The van der Waals surface area contributed by atoms with Crippen LogP contribution in [0.15, 0.2) is 91.1 Å². The predicted octanol–water partition coefficient (Wildman–Crippen LogP) is 6.94. The summed E-state index contributed by atoms with van der Waals surface area (Å²) in [4.78, 5) is 30.7. The third-order valence-electron chi connectivity index (χ3n) is 7.38. The summed E-state index contributed by atoms with van der Waals surface area (Å²) >= 11 is 0. The fourth-order valence-corrected chi connectivity index (χ4v) is 5.27. The highest BCUT2D eigenvalue weighted by atomic mass is 19.4. The molecule has 3 amide bonds. The maximum atomic E-state index is 14.2. The molecule has 1 saturated carbocycles. The molecule has 1 aromatic heterocycles. The smallest absolute Gasteiger partial charge is 0.316 e. The molecule has 1 atom stereocenters. The second-order valence-electron chi connectivity index (χ2n) is 10.2. The van der Waals surface area contributed by atoms with Crippen LogP contribution in [0.3, 0.4) is 0 Å². The van der Waals surface area contributed by atoms with Crippen LogP contribution in [0.2, 0.25) is 0 Å². The van der Waals surface area contributed by atoms with Crippen molar-refractivity contribution in [1.29, 1.82) is 0 Å². The first-order valence-corrected chi connectivity index (χ1v) is 13.1. The lowest BCUT2D eigenvalue weighted by atomic mass is 9.97. The van der Waals surface area contributed by atoms with Gasteiger partial charge in [-0.3, -0.25) is 9.69 Å². The number of nitrogens with one attached hydrogen (secondary N) is 1. The van der Waals surface area contributed by atoms with Gasteiger partial charge in [-0.2, -0.15) is 13.2 Å². The zero-order valence-corrected chi connectivity index (χ0v) is 21.7. The van der Waals surface area contributed by atoms with Gasteiger partial charge in [0.25, 0.3) is 0 Å². The number of carbonyl (C=O) groups excluding carboxylic acids is 2. The summed E-state index contributed by atoms with van der Waals surface area (Å²) in [6.45, 7) is 1.79. The summed E-state index contributed by atoms with van der Waals surface area (Å²) in [6, 6.07) is 22.9. The molecule has 0 saturated heterocycles. The number of hydrogen-bond donors (Lipinski definition) is 1. The lowest BCUT2D eigenvalue weighted by Gasteiger charge is -2.39. The summed E-state index contributed by atoms with van der Waals surface area (Å²) in [5.41, 5.74) is 3.69. The minimum Gasteiger partial charge on any atom is -0.316 e. The number of hydrogen-bond acceptors (Lipinski definition) is 2. The number of carbonyl (C=O) groups is 2. The molecule has 1 aliphatic carbocycles. The average Bonchev–Trinajstić information content (AvgIpc) is 3.66. The van der Waals surface area contributed by atoms with Crippen LogP contribution in [0.5, 0.6) is 0 Å². The third kappa shape index (κ3) is 4.83. The van der Waals surface area contributed by atoms with Gasteiger partial charge in [0.2, 0.25) is 5.91 Å². The van der Waals surface area contributed by atoms with Crippen molar-refractivity contribution in [2.75, 3.05) is 16.8 Å². The molecule has 0 radical (unpaired) electrons. The first-order chi connectivity index (χ1) is 19.2. The number of para-hydroxylation sites is 2. The number of alkyl halides is 3. The van der Waals surface area contributed by atoms with Crippen molar-refractivity contribution in [2.24, 2.45) is 0 Å². The van der Waals surface area contributed by atoms with Crippen molar-refractivity contribution >= 4 is 23.3 Å². The van der Waals surface area contributed by atoms with Gasteiger partial charge in [-0.15, -0.1) is 0 Å². The van der Waals surface area contributed by atoms with Crippen LogP contribution in [0, 0.1) is 6.92 Å². The van der Waals surface area contributed by atoms with E-state index >= 15 is 0 Å². The van der Waals surface area contributed by atoms with E-state index in [1.54, 1.807) is 4.90 Å². The first-order valence-electron chi connectivity index (χ1n) is 13.1. The van der Waals surface area contributed by atoms with Crippen molar-refractivity contribution in [3.63, 3.8) is 0 Å². The second-order valence-corrected chi connectivity index (χ2v) is 10.2. The molecule has 9 heteroatoms. The summed E-state index contributed by atoms with van der Waals surface area (Å²) in [7, 11) is 0. The highest BCUT2D eigenvalue weighted by molar-refractivity contribution is 6.01. The van der Waals surface area contributed by atoms with Gasteiger partial charge in [-0.25, -0.2) is 4.79 Å². The predicted molar refractivity (Wildman–Crippen MR) is 146 cm³/mol. The Kier molecular flexibility index (Phi) is 6.37. The van der Waals surface area contributed by atoms with Crippen LogP contribution >= 0.6 is 0 Å². The number of urea groups is 1. The van der Waals surface area contributed by atoms with E-state index in [-0.39, 0.29) is 24.2 Å². The number of anilines is 2. The SMILES string of the molecule is Cc1ccc(C2c3cccn3-c3ccccc3N2C(=O)CN(C(=O)Nc2cccc(C(F)(F)F)c2)C2CC2)cc1. The summed E-state index contributed by atoms with van der Waals surface area (Å²) < 4.78 is 41.7. The Morgan fingerprint density at radius 2 is 1.65 bits per heavy atom. The summed E-state index contributed by atoms with van der Waals surface area (Å²) in [5.74, 6) is -0.281. The lowest BCUT2D eigenvalue weighted by Crippen LogP contribution is -2.48. The molecule has 0 bridgehead atoms. The zero-order valence-electron chi connectivity index (χ0n) is 21.7. The van der Waals surface area contributed by atoms with Gasteiger partial charge in [-0.05, 0) is 67.8 Å². The zero-order chi connectivity index (χ0) is 28.0. The molecule has 6 nitrogen and oxygen atoms in total. The minimum absolute atomic E-state index is 0.0246. The average molecular weight is 545 g/mol. The fourth-order valence-electron chi connectivity index (χ4n) is 5.27. The monoisotopic (exact) mass is 544 g/mol. The maximum absolute atomic E-state index is 14.2. The molecule has 1 unspecified atom stereocenters. The van der Waals surface area contributed by atoms with Gasteiger partial charge in [0.1, 0.15) is 12.6 Å². The number of halogens is 3. The van der Waals surface area contributed by atoms with E-state index in [0.29, 0.717) is 0 Å². The molecule has 4 aromatic rings. The Morgan fingerprint density at radius 3 is 2.35 bits per heavy atom. The fraction of sp³-hybridized carbons (Fsp3) is 0.226. The van der Waals surface area contributed by atoms with Crippen LogP contribution in [0.4, 0.5) is 29.3 Å².